The first-order chi connectivity index (χ1) is 13.1. The van der Waals surface area contributed by atoms with Crippen LogP contribution < -0.4 is 10.1 Å². The van der Waals surface area contributed by atoms with Gasteiger partial charge in [0.05, 0.1) is 18.0 Å². The predicted molar refractivity (Wildman–Crippen MR) is 105 cm³/mol. The first-order valence-electron chi connectivity index (χ1n) is 7.94. The molecule has 0 spiro atoms. The number of thioether (sulfide) groups is 1. The molecule has 27 heavy (non-hydrogen) atoms. The minimum absolute atomic E-state index is 0.134. The fourth-order valence-electron chi connectivity index (χ4n) is 2.08. The molecule has 3 rings (SSSR count). The molecule has 0 aliphatic carbocycles. The van der Waals surface area contributed by atoms with Gasteiger partial charge >= 0.3 is 0 Å². The highest BCUT2D eigenvalue weighted by Gasteiger charge is 2.11. The number of tetrazole rings is 1. The molecule has 10 heteroatoms. The number of benzene rings is 2. The first-order valence-corrected chi connectivity index (χ1v) is 9.68. The number of hydrogen-bond donors (Lipinski definition) is 1. The molecule has 0 saturated heterocycles. The Hall–Kier alpha value is -2.29. The maximum absolute atomic E-state index is 12.0. The van der Waals surface area contributed by atoms with Crippen LogP contribution in [0.2, 0.25) is 10.0 Å². The van der Waals surface area contributed by atoms with Gasteiger partial charge in [-0.2, -0.15) is 4.68 Å². The lowest BCUT2D eigenvalue weighted by Gasteiger charge is -2.08. The summed E-state index contributed by atoms with van der Waals surface area (Å²) in [4.78, 5) is 12.0. The van der Waals surface area contributed by atoms with Crippen LogP contribution in [0, 0.1) is 0 Å². The number of carbonyl (C=O) groups is 1. The van der Waals surface area contributed by atoms with Crippen molar-refractivity contribution in [1.82, 2.24) is 25.5 Å². The number of halogens is 2. The van der Waals surface area contributed by atoms with Crippen LogP contribution in [-0.4, -0.2) is 45.0 Å². The number of nitrogens with one attached hydrogen (secondary N) is 1. The van der Waals surface area contributed by atoms with E-state index in [0.29, 0.717) is 34.1 Å². The van der Waals surface area contributed by atoms with Crippen LogP contribution in [0.4, 0.5) is 0 Å². The molecule has 1 heterocycles. The summed E-state index contributed by atoms with van der Waals surface area (Å²) in [7, 11) is 0. The van der Waals surface area contributed by atoms with Gasteiger partial charge in [-0.25, -0.2) is 0 Å². The van der Waals surface area contributed by atoms with Crippen LogP contribution in [0.1, 0.15) is 0 Å². The van der Waals surface area contributed by atoms with Gasteiger partial charge in [-0.3, -0.25) is 4.79 Å². The van der Waals surface area contributed by atoms with Crippen LogP contribution >= 0.6 is 35.0 Å². The van der Waals surface area contributed by atoms with Gasteiger partial charge in [0.15, 0.2) is 0 Å². The van der Waals surface area contributed by atoms with Crippen molar-refractivity contribution in [2.45, 2.75) is 5.16 Å². The topological polar surface area (TPSA) is 81.9 Å². The van der Waals surface area contributed by atoms with E-state index >= 15 is 0 Å². The molecule has 0 bridgehead atoms. The Bertz CT molecular complexity index is 887. The third-order valence-corrected chi connectivity index (χ3v) is 4.77. The Kier molecular flexibility index (Phi) is 6.92. The van der Waals surface area contributed by atoms with Gasteiger partial charge in [0.2, 0.25) is 11.1 Å². The maximum Gasteiger partial charge on any atom is 0.230 e. The van der Waals surface area contributed by atoms with Crippen molar-refractivity contribution in [3.8, 4) is 11.4 Å². The second-order valence-corrected chi connectivity index (χ2v) is 7.11. The van der Waals surface area contributed by atoms with E-state index in [4.69, 9.17) is 27.9 Å². The molecule has 0 atom stereocenters. The summed E-state index contributed by atoms with van der Waals surface area (Å²) in [5.74, 6) is 0.755. The molecule has 0 saturated carbocycles. The lowest BCUT2D eigenvalue weighted by atomic mass is 10.3. The summed E-state index contributed by atoms with van der Waals surface area (Å²) in [6, 6.07) is 14.1. The van der Waals surface area contributed by atoms with Crippen LogP contribution in [0.25, 0.3) is 5.69 Å². The van der Waals surface area contributed by atoms with Gasteiger partial charge in [0.1, 0.15) is 12.4 Å². The molecule has 140 valence electrons. The highest BCUT2D eigenvalue weighted by Crippen LogP contribution is 2.19. The quantitative estimate of drug-likeness (QED) is 0.442. The molecule has 7 nitrogen and oxygen atoms in total. The fourth-order valence-corrected chi connectivity index (χ4v) is 3.06. The number of nitrogens with zero attached hydrogens (tertiary/aromatic N) is 4. The Labute approximate surface area is 170 Å². The van der Waals surface area contributed by atoms with Gasteiger partial charge in [-0.05, 0) is 59.0 Å². The summed E-state index contributed by atoms with van der Waals surface area (Å²) >= 11 is 12.9. The average Bonchev–Trinajstić information content (AvgIpc) is 3.14. The van der Waals surface area contributed by atoms with Crippen LogP contribution in [-0.2, 0) is 4.79 Å². The predicted octanol–water partition coefficient (Wildman–Crippen LogP) is 3.26. The van der Waals surface area contributed by atoms with E-state index in [9.17, 15) is 4.79 Å². The van der Waals surface area contributed by atoms with Gasteiger partial charge in [-0.15, -0.1) is 5.10 Å². The van der Waals surface area contributed by atoms with Crippen molar-refractivity contribution in [3.63, 3.8) is 0 Å². The van der Waals surface area contributed by atoms with Crippen molar-refractivity contribution < 1.29 is 9.53 Å². The van der Waals surface area contributed by atoms with Crippen molar-refractivity contribution in [2.75, 3.05) is 18.9 Å². The zero-order valence-corrected chi connectivity index (χ0v) is 16.3. The lowest BCUT2D eigenvalue weighted by molar-refractivity contribution is -0.118. The van der Waals surface area contributed by atoms with Gasteiger partial charge in [0, 0.05) is 10.0 Å². The largest absolute Gasteiger partial charge is 0.492 e. The standard InChI is InChI=1S/C17H15Cl2N5O2S/c18-12-1-5-14(6-2-12)24-17(21-22-23-24)27-11-16(25)20-9-10-26-15-7-3-13(19)4-8-15/h1-8H,9-11H2,(H,20,25). The fraction of sp³-hybridized carbons (Fsp3) is 0.176. The van der Waals surface area contributed by atoms with E-state index in [2.05, 4.69) is 20.8 Å². The van der Waals surface area contributed by atoms with E-state index in [0.717, 1.165) is 5.69 Å². The molecule has 0 unspecified atom stereocenters. The Morgan fingerprint density at radius 2 is 1.74 bits per heavy atom. The Morgan fingerprint density at radius 3 is 2.44 bits per heavy atom. The van der Waals surface area contributed by atoms with E-state index in [1.54, 1.807) is 53.2 Å². The second kappa shape index (κ2) is 9.59. The summed E-state index contributed by atoms with van der Waals surface area (Å²) < 4.78 is 7.07. The van der Waals surface area contributed by atoms with Gasteiger partial charge < -0.3 is 10.1 Å². The molecule has 0 radical (unpaired) electrons. The summed E-state index contributed by atoms with van der Waals surface area (Å²) in [5.41, 5.74) is 0.767. The van der Waals surface area contributed by atoms with Crippen LogP contribution in [0.15, 0.2) is 53.7 Å². The van der Waals surface area contributed by atoms with E-state index in [1.165, 1.54) is 11.8 Å². The highest BCUT2D eigenvalue weighted by atomic mass is 35.5. The first kappa shape index (κ1) is 19.5. The summed E-state index contributed by atoms with van der Waals surface area (Å²) in [6.45, 7) is 0.755. The number of ether oxygens (including phenoxy) is 1. The zero-order chi connectivity index (χ0) is 19.1. The number of carbonyl (C=O) groups excluding carboxylic acids is 1. The van der Waals surface area contributed by atoms with Gasteiger partial charge in [0.25, 0.3) is 0 Å². The van der Waals surface area contributed by atoms with Gasteiger partial charge in [-0.1, -0.05) is 35.0 Å². The number of rotatable bonds is 8. The monoisotopic (exact) mass is 423 g/mol. The smallest absolute Gasteiger partial charge is 0.230 e. The maximum atomic E-state index is 12.0. The zero-order valence-electron chi connectivity index (χ0n) is 14.0. The average molecular weight is 424 g/mol. The Balaban J connectivity index is 1.42. The third-order valence-electron chi connectivity index (χ3n) is 3.35. The van der Waals surface area contributed by atoms with E-state index in [-0.39, 0.29) is 11.7 Å². The van der Waals surface area contributed by atoms with Crippen molar-refractivity contribution in [3.05, 3.63) is 58.6 Å². The third kappa shape index (κ3) is 5.85. The molecule has 3 aromatic rings. The molecule has 0 aliphatic heterocycles. The van der Waals surface area contributed by atoms with E-state index in [1.807, 2.05) is 0 Å². The number of hydrogen-bond acceptors (Lipinski definition) is 6. The minimum atomic E-state index is -0.134. The molecule has 2 aromatic carbocycles. The highest BCUT2D eigenvalue weighted by molar-refractivity contribution is 7.99. The lowest BCUT2D eigenvalue weighted by Crippen LogP contribution is -2.29. The molecular formula is C17H15Cl2N5O2S. The van der Waals surface area contributed by atoms with Crippen LogP contribution in [0.3, 0.4) is 0 Å². The number of amides is 1. The second-order valence-electron chi connectivity index (χ2n) is 5.29. The van der Waals surface area contributed by atoms with Crippen LogP contribution in [0.5, 0.6) is 5.75 Å². The van der Waals surface area contributed by atoms with Crippen molar-refractivity contribution in [2.24, 2.45) is 0 Å². The molecule has 1 N–H and O–H groups in total. The summed E-state index contributed by atoms with van der Waals surface area (Å²) in [6.07, 6.45) is 0. The molecular weight excluding hydrogens is 409 g/mol. The molecule has 0 aliphatic rings. The van der Waals surface area contributed by atoms with Crippen molar-refractivity contribution in [1.29, 1.82) is 0 Å². The minimum Gasteiger partial charge on any atom is -0.492 e. The van der Waals surface area contributed by atoms with E-state index < -0.39 is 0 Å². The summed E-state index contributed by atoms with van der Waals surface area (Å²) in [5, 5.41) is 16.1. The molecule has 1 aromatic heterocycles. The molecule has 0 fully saturated rings. The molecule has 1 amide bonds. The normalized spacial score (nSPS) is 10.6. The number of aromatic nitrogens is 4. The Morgan fingerprint density at radius 1 is 1.07 bits per heavy atom. The SMILES string of the molecule is O=C(CSc1nnnn1-c1ccc(Cl)cc1)NCCOc1ccc(Cl)cc1. The van der Waals surface area contributed by atoms with Crippen molar-refractivity contribution >= 4 is 40.9 Å².